The minimum absolute atomic E-state index is 0.521. The van der Waals surface area contributed by atoms with Crippen molar-refractivity contribution in [1.82, 2.24) is 4.90 Å². The Hall–Kier alpha value is -0.860. The molecule has 0 spiro atoms. The number of ether oxygens (including phenoxy) is 1. The third-order valence-electron chi connectivity index (χ3n) is 4.90. The highest BCUT2D eigenvalue weighted by Gasteiger charge is 2.52. The normalized spacial score (nSPS) is 31.2. The lowest BCUT2D eigenvalue weighted by Crippen LogP contribution is -2.49. The van der Waals surface area contributed by atoms with Gasteiger partial charge in [0.05, 0.1) is 0 Å². The minimum atomic E-state index is 0.521. The van der Waals surface area contributed by atoms with E-state index in [2.05, 4.69) is 42.2 Å². The van der Waals surface area contributed by atoms with Crippen molar-refractivity contribution in [3.8, 4) is 0 Å². The van der Waals surface area contributed by atoms with Crippen LogP contribution in [-0.4, -0.2) is 38.3 Å². The molecule has 1 saturated carbocycles. The van der Waals surface area contributed by atoms with Crippen LogP contribution in [0, 0.1) is 11.3 Å². The van der Waals surface area contributed by atoms with Gasteiger partial charge in [-0.2, -0.15) is 0 Å². The van der Waals surface area contributed by atoms with E-state index in [4.69, 9.17) is 4.74 Å². The van der Waals surface area contributed by atoms with Crippen LogP contribution in [-0.2, 0) is 4.74 Å². The largest absolute Gasteiger partial charge is 0.385 e. The molecule has 1 aromatic carbocycles. The summed E-state index contributed by atoms with van der Waals surface area (Å²) in [6.07, 6.45) is 2.59. The van der Waals surface area contributed by atoms with Crippen LogP contribution in [0.1, 0.15) is 31.2 Å². The Morgan fingerprint density at radius 2 is 2.00 bits per heavy atom. The van der Waals surface area contributed by atoms with Gasteiger partial charge in [-0.05, 0) is 35.7 Å². The summed E-state index contributed by atoms with van der Waals surface area (Å²) < 4.78 is 5.15. The molecule has 1 heterocycles. The average Bonchev–Trinajstić information content (AvgIpc) is 3.05. The number of methoxy groups -OCH3 is 1. The molecule has 2 nitrogen and oxygen atoms in total. The van der Waals surface area contributed by atoms with E-state index in [1.54, 1.807) is 7.11 Å². The quantitative estimate of drug-likeness (QED) is 0.778. The van der Waals surface area contributed by atoms with Crippen molar-refractivity contribution >= 4 is 0 Å². The summed E-state index contributed by atoms with van der Waals surface area (Å²) in [4.78, 5) is 2.63. The van der Waals surface area contributed by atoms with Gasteiger partial charge in [0.15, 0.2) is 0 Å². The van der Waals surface area contributed by atoms with Crippen LogP contribution in [0.5, 0.6) is 0 Å². The zero-order valence-corrected chi connectivity index (χ0v) is 12.1. The van der Waals surface area contributed by atoms with E-state index in [-0.39, 0.29) is 0 Å². The van der Waals surface area contributed by atoms with Gasteiger partial charge in [0.1, 0.15) is 0 Å². The molecule has 2 aliphatic rings. The molecule has 1 saturated heterocycles. The van der Waals surface area contributed by atoms with Crippen molar-refractivity contribution in [2.75, 3.05) is 33.4 Å². The van der Waals surface area contributed by atoms with Crippen molar-refractivity contribution in [1.29, 1.82) is 0 Å². The molecule has 0 radical (unpaired) electrons. The van der Waals surface area contributed by atoms with Crippen molar-refractivity contribution < 1.29 is 4.74 Å². The van der Waals surface area contributed by atoms with Crippen LogP contribution in [0.3, 0.4) is 0 Å². The SMILES string of the molecule is COCCC1CN(C[C@@]2(C)C[C@@H]2c2ccccc2)C1. The van der Waals surface area contributed by atoms with Gasteiger partial charge in [0, 0.05) is 33.4 Å². The lowest BCUT2D eigenvalue weighted by Gasteiger charge is -2.41. The summed E-state index contributed by atoms with van der Waals surface area (Å²) in [7, 11) is 1.80. The molecule has 0 N–H and O–H groups in total. The number of benzene rings is 1. The zero-order chi connectivity index (χ0) is 13.3. The molecule has 104 valence electrons. The van der Waals surface area contributed by atoms with Crippen LogP contribution in [0.2, 0.25) is 0 Å². The molecule has 2 atom stereocenters. The van der Waals surface area contributed by atoms with E-state index in [0.29, 0.717) is 5.41 Å². The molecule has 0 aromatic heterocycles. The van der Waals surface area contributed by atoms with Gasteiger partial charge < -0.3 is 9.64 Å². The van der Waals surface area contributed by atoms with Gasteiger partial charge in [-0.15, -0.1) is 0 Å². The maximum absolute atomic E-state index is 5.15. The monoisotopic (exact) mass is 259 g/mol. The lowest BCUT2D eigenvalue weighted by atomic mass is 9.93. The molecule has 2 heteroatoms. The first-order valence-corrected chi connectivity index (χ1v) is 7.47. The highest BCUT2D eigenvalue weighted by molar-refractivity contribution is 5.29. The highest BCUT2D eigenvalue weighted by atomic mass is 16.5. The number of likely N-dealkylation sites (tertiary alicyclic amines) is 1. The Bertz CT molecular complexity index is 413. The molecule has 1 aliphatic carbocycles. The minimum Gasteiger partial charge on any atom is -0.385 e. The molecule has 0 amide bonds. The smallest absolute Gasteiger partial charge is 0.0465 e. The van der Waals surface area contributed by atoms with Crippen LogP contribution in [0.15, 0.2) is 30.3 Å². The predicted octanol–water partition coefficient (Wildman–Crippen LogP) is 3.15. The van der Waals surface area contributed by atoms with E-state index < -0.39 is 0 Å². The Morgan fingerprint density at radius 3 is 2.68 bits per heavy atom. The van der Waals surface area contributed by atoms with Gasteiger partial charge in [-0.3, -0.25) is 0 Å². The second kappa shape index (κ2) is 5.26. The van der Waals surface area contributed by atoms with E-state index in [1.165, 1.54) is 38.0 Å². The van der Waals surface area contributed by atoms with Crippen molar-refractivity contribution in [2.24, 2.45) is 11.3 Å². The number of hydrogen-bond acceptors (Lipinski definition) is 2. The number of nitrogens with zero attached hydrogens (tertiary/aromatic N) is 1. The third kappa shape index (κ3) is 2.85. The molecule has 0 unspecified atom stereocenters. The van der Waals surface area contributed by atoms with Gasteiger partial charge >= 0.3 is 0 Å². The molecule has 1 aromatic rings. The maximum Gasteiger partial charge on any atom is 0.0465 e. The van der Waals surface area contributed by atoms with Gasteiger partial charge in [-0.25, -0.2) is 0 Å². The molecule has 1 aliphatic heterocycles. The lowest BCUT2D eigenvalue weighted by molar-refractivity contribution is 0.0538. The predicted molar refractivity (Wildman–Crippen MR) is 78.3 cm³/mol. The van der Waals surface area contributed by atoms with E-state index in [1.807, 2.05) is 0 Å². The van der Waals surface area contributed by atoms with Crippen molar-refractivity contribution in [3.05, 3.63) is 35.9 Å². The molecule has 2 fully saturated rings. The maximum atomic E-state index is 5.15. The fourth-order valence-corrected chi connectivity index (χ4v) is 3.57. The summed E-state index contributed by atoms with van der Waals surface area (Å²) in [6, 6.07) is 11.0. The van der Waals surface area contributed by atoms with E-state index >= 15 is 0 Å². The Labute approximate surface area is 116 Å². The van der Waals surface area contributed by atoms with E-state index in [0.717, 1.165) is 18.4 Å². The van der Waals surface area contributed by atoms with Crippen molar-refractivity contribution in [3.63, 3.8) is 0 Å². The highest BCUT2D eigenvalue weighted by Crippen LogP contribution is 2.59. The Balaban J connectivity index is 1.45. The summed E-state index contributed by atoms with van der Waals surface area (Å²) >= 11 is 0. The van der Waals surface area contributed by atoms with E-state index in [9.17, 15) is 0 Å². The standard InChI is InChI=1S/C17H25NO/c1-17(10-16(17)15-6-4-3-5-7-15)13-18-11-14(12-18)8-9-19-2/h3-7,14,16H,8-13H2,1-2H3/t16-,17-/m1/s1. The molecule has 0 bridgehead atoms. The topological polar surface area (TPSA) is 12.5 Å². The molecule has 19 heavy (non-hydrogen) atoms. The van der Waals surface area contributed by atoms with Gasteiger partial charge in [-0.1, -0.05) is 37.3 Å². The van der Waals surface area contributed by atoms with Gasteiger partial charge in [0.2, 0.25) is 0 Å². The first-order chi connectivity index (χ1) is 9.21. The third-order valence-corrected chi connectivity index (χ3v) is 4.90. The fourth-order valence-electron chi connectivity index (χ4n) is 3.57. The fraction of sp³-hybridized carbons (Fsp3) is 0.647. The van der Waals surface area contributed by atoms with Crippen LogP contribution in [0.4, 0.5) is 0 Å². The number of hydrogen-bond donors (Lipinski definition) is 0. The zero-order valence-electron chi connectivity index (χ0n) is 12.1. The van der Waals surface area contributed by atoms with Crippen LogP contribution >= 0.6 is 0 Å². The van der Waals surface area contributed by atoms with Crippen molar-refractivity contribution in [2.45, 2.75) is 25.7 Å². The summed E-state index contributed by atoms with van der Waals surface area (Å²) in [5.41, 5.74) is 2.05. The first kappa shape index (κ1) is 13.1. The average molecular weight is 259 g/mol. The second-order valence-corrected chi connectivity index (χ2v) is 6.66. The molecule has 3 rings (SSSR count). The van der Waals surface area contributed by atoms with Crippen LogP contribution in [0.25, 0.3) is 0 Å². The molecular formula is C17H25NO. The Kier molecular flexibility index (Phi) is 3.64. The second-order valence-electron chi connectivity index (χ2n) is 6.66. The summed E-state index contributed by atoms with van der Waals surface area (Å²) in [5, 5.41) is 0. The summed E-state index contributed by atoms with van der Waals surface area (Å²) in [6.45, 7) is 7.20. The van der Waals surface area contributed by atoms with Crippen LogP contribution < -0.4 is 0 Å². The Morgan fingerprint density at radius 1 is 1.26 bits per heavy atom. The number of rotatable bonds is 6. The van der Waals surface area contributed by atoms with Gasteiger partial charge in [0.25, 0.3) is 0 Å². The molecular weight excluding hydrogens is 234 g/mol. The summed E-state index contributed by atoms with van der Waals surface area (Å²) in [5.74, 6) is 1.66. The first-order valence-electron chi connectivity index (χ1n) is 7.47.